The third-order valence-electron chi connectivity index (χ3n) is 2.36. The van der Waals surface area contributed by atoms with E-state index in [1.807, 2.05) is 0 Å². The summed E-state index contributed by atoms with van der Waals surface area (Å²) < 4.78 is 1.51. The molecule has 1 aromatic heterocycles. The monoisotopic (exact) mass is 220 g/mol. The Balaban J connectivity index is 2.54. The minimum atomic E-state index is -0.876. The highest BCUT2D eigenvalue weighted by Gasteiger charge is 2.07. The van der Waals surface area contributed by atoms with E-state index in [0.717, 1.165) is 0 Å². The Morgan fingerprint density at radius 1 is 1.38 bits per heavy atom. The lowest BCUT2D eigenvalue weighted by Crippen LogP contribution is -2.23. The second-order valence-electron chi connectivity index (χ2n) is 3.54. The van der Waals surface area contributed by atoms with E-state index in [1.54, 1.807) is 24.3 Å². The number of aliphatic hydroxyl groups is 2. The number of aromatic nitrogens is 2. The minimum absolute atomic E-state index is 0.148. The summed E-state index contributed by atoms with van der Waals surface area (Å²) in [7, 11) is 0. The van der Waals surface area contributed by atoms with Gasteiger partial charge >= 0.3 is 0 Å². The zero-order valence-electron chi connectivity index (χ0n) is 8.58. The topological polar surface area (TPSA) is 75.4 Å². The molecular formula is C11H12N2O3. The summed E-state index contributed by atoms with van der Waals surface area (Å²) in [6.07, 6.45) is 0.338. The molecule has 0 spiro atoms. The molecule has 0 saturated carbocycles. The van der Waals surface area contributed by atoms with Crippen LogP contribution in [0.2, 0.25) is 0 Å². The fourth-order valence-corrected chi connectivity index (χ4v) is 1.56. The maximum Gasteiger partial charge on any atom is 0.207 e. The SMILES string of the molecule is O=c1cnn(CC(O)CO)c2ccccc12. The first-order valence-electron chi connectivity index (χ1n) is 4.96. The normalized spacial score (nSPS) is 12.9. The molecule has 0 aliphatic rings. The van der Waals surface area contributed by atoms with Crippen molar-refractivity contribution in [1.29, 1.82) is 0 Å². The van der Waals surface area contributed by atoms with Crippen LogP contribution in [0.15, 0.2) is 35.3 Å². The van der Waals surface area contributed by atoms with Crippen LogP contribution in [0.1, 0.15) is 0 Å². The van der Waals surface area contributed by atoms with Gasteiger partial charge in [-0.3, -0.25) is 9.48 Å². The first-order chi connectivity index (χ1) is 7.72. The Morgan fingerprint density at radius 2 is 2.12 bits per heavy atom. The van der Waals surface area contributed by atoms with E-state index in [0.29, 0.717) is 10.9 Å². The van der Waals surface area contributed by atoms with E-state index in [4.69, 9.17) is 5.11 Å². The lowest BCUT2D eigenvalue weighted by molar-refractivity contribution is 0.0790. The molecule has 1 unspecified atom stereocenters. The van der Waals surface area contributed by atoms with Gasteiger partial charge in [-0.25, -0.2) is 0 Å². The van der Waals surface area contributed by atoms with Crippen LogP contribution in [0, 0.1) is 0 Å². The second-order valence-corrected chi connectivity index (χ2v) is 3.54. The third kappa shape index (κ3) is 1.95. The molecule has 1 heterocycles. The smallest absolute Gasteiger partial charge is 0.207 e. The van der Waals surface area contributed by atoms with Gasteiger partial charge in [0.05, 0.1) is 31.0 Å². The summed E-state index contributed by atoms with van der Waals surface area (Å²) in [6.45, 7) is -0.167. The van der Waals surface area contributed by atoms with Crippen molar-refractivity contribution in [2.45, 2.75) is 12.6 Å². The average molecular weight is 220 g/mol. The number of para-hydroxylation sites is 1. The van der Waals surface area contributed by atoms with Crippen molar-refractivity contribution in [3.8, 4) is 0 Å². The first-order valence-corrected chi connectivity index (χ1v) is 4.96. The fraction of sp³-hybridized carbons (Fsp3) is 0.273. The van der Waals surface area contributed by atoms with Gasteiger partial charge in [0.15, 0.2) is 0 Å². The van der Waals surface area contributed by atoms with Crippen molar-refractivity contribution in [2.75, 3.05) is 6.61 Å². The number of benzene rings is 1. The molecule has 0 bridgehead atoms. The molecule has 0 saturated heterocycles. The van der Waals surface area contributed by atoms with Gasteiger partial charge in [-0.1, -0.05) is 12.1 Å². The summed E-state index contributed by atoms with van der Waals surface area (Å²) in [5.74, 6) is 0. The van der Waals surface area contributed by atoms with Gasteiger partial charge in [-0.15, -0.1) is 0 Å². The molecule has 2 N–H and O–H groups in total. The largest absolute Gasteiger partial charge is 0.394 e. The van der Waals surface area contributed by atoms with Crippen LogP contribution in [-0.4, -0.2) is 32.7 Å². The Morgan fingerprint density at radius 3 is 2.88 bits per heavy atom. The summed E-state index contributed by atoms with van der Waals surface area (Å²) in [5.41, 5.74) is 0.507. The number of nitrogens with zero attached hydrogens (tertiary/aromatic N) is 2. The quantitative estimate of drug-likeness (QED) is 0.748. The Bertz CT molecular complexity index is 550. The summed E-state index contributed by atoms with van der Waals surface area (Å²) in [6, 6.07) is 7.04. The molecule has 16 heavy (non-hydrogen) atoms. The van der Waals surface area contributed by atoms with Crippen LogP contribution in [0.4, 0.5) is 0 Å². The molecule has 5 nitrogen and oxygen atoms in total. The Labute approximate surface area is 91.6 Å². The van der Waals surface area contributed by atoms with Gasteiger partial charge in [0, 0.05) is 5.39 Å². The van der Waals surface area contributed by atoms with Crippen LogP contribution in [0.25, 0.3) is 10.9 Å². The molecule has 0 fully saturated rings. The number of aliphatic hydroxyl groups excluding tert-OH is 2. The number of fused-ring (bicyclic) bond motifs is 1. The van der Waals surface area contributed by atoms with Crippen LogP contribution < -0.4 is 5.43 Å². The van der Waals surface area contributed by atoms with Gasteiger partial charge in [0.2, 0.25) is 5.43 Å². The lowest BCUT2D eigenvalue weighted by atomic mass is 10.2. The highest BCUT2D eigenvalue weighted by atomic mass is 16.3. The minimum Gasteiger partial charge on any atom is -0.394 e. The number of hydrogen-bond donors (Lipinski definition) is 2. The predicted octanol–water partition coefficient (Wildman–Crippen LogP) is -0.250. The average Bonchev–Trinajstić information content (AvgIpc) is 2.33. The molecule has 2 aromatic rings. The van der Waals surface area contributed by atoms with Gasteiger partial charge in [-0.05, 0) is 12.1 Å². The van der Waals surface area contributed by atoms with Crippen molar-refractivity contribution in [3.63, 3.8) is 0 Å². The van der Waals surface area contributed by atoms with Crippen molar-refractivity contribution in [3.05, 3.63) is 40.7 Å². The summed E-state index contributed by atoms with van der Waals surface area (Å²) >= 11 is 0. The first kappa shape index (κ1) is 10.8. The molecule has 5 heteroatoms. The van der Waals surface area contributed by atoms with E-state index in [-0.39, 0.29) is 18.6 Å². The lowest BCUT2D eigenvalue weighted by Gasteiger charge is -2.11. The molecule has 0 radical (unpaired) electrons. The third-order valence-corrected chi connectivity index (χ3v) is 2.36. The summed E-state index contributed by atoms with van der Waals surface area (Å²) in [5, 5.41) is 22.6. The van der Waals surface area contributed by atoms with Gasteiger partial charge < -0.3 is 10.2 Å². The van der Waals surface area contributed by atoms with E-state index in [1.165, 1.54) is 10.9 Å². The molecule has 1 aromatic carbocycles. The van der Waals surface area contributed by atoms with E-state index >= 15 is 0 Å². The molecule has 0 amide bonds. The maximum atomic E-state index is 11.5. The zero-order valence-corrected chi connectivity index (χ0v) is 8.58. The van der Waals surface area contributed by atoms with Crippen molar-refractivity contribution in [2.24, 2.45) is 0 Å². The molecule has 84 valence electrons. The summed E-state index contributed by atoms with van der Waals surface area (Å²) in [4.78, 5) is 11.5. The van der Waals surface area contributed by atoms with Crippen molar-refractivity contribution in [1.82, 2.24) is 9.78 Å². The highest BCUT2D eigenvalue weighted by molar-refractivity contribution is 5.77. The Hall–Kier alpha value is -1.72. The molecule has 2 rings (SSSR count). The molecule has 0 aliphatic heterocycles. The van der Waals surface area contributed by atoms with E-state index in [2.05, 4.69) is 5.10 Å². The van der Waals surface area contributed by atoms with E-state index in [9.17, 15) is 9.90 Å². The molecule has 0 aliphatic carbocycles. The molecule has 1 atom stereocenters. The van der Waals surface area contributed by atoms with Gasteiger partial charge in [0.25, 0.3) is 0 Å². The van der Waals surface area contributed by atoms with E-state index < -0.39 is 6.10 Å². The van der Waals surface area contributed by atoms with Gasteiger partial charge in [0.1, 0.15) is 0 Å². The highest BCUT2D eigenvalue weighted by Crippen LogP contribution is 2.08. The zero-order chi connectivity index (χ0) is 11.5. The number of hydrogen-bond acceptors (Lipinski definition) is 4. The fourth-order valence-electron chi connectivity index (χ4n) is 1.56. The van der Waals surface area contributed by atoms with Gasteiger partial charge in [-0.2, -0.15) is 5.10 Å². The van der Waals surface area contributed by atoms with Crippen LogP contribution in [0.5, 0.6) is 0 Å². The maximum absolute atomic E-state index is 11.5. The second kappa shape index (κ2) is 4.42. The van der Waals surface area contributed by atoms with Crippen LogP contribution in [-0.2, 0) is 6.54 Å². The van der Waals surface area contributed by atoms with Crippen molar-refractivity contribution < 1.29 is 10.2 Å². The van der Waals surface area contributed by atoms with Crippen molar-refractivity contribution >= 4 is 10.9 Å². The van der Waals surface area contributed by atoms with Crippen LogP contribution >= 0.6 is 0 Å². The molecular weight excluding hydrogens is 208 g/mol. The Kier molecular flexibility index (Phi) is 2.98. The van der Waals surface area contributed by atoms with Crippen LogP contribution in [0.3, 0.4) is 0 Å². The standard InChI is InChI=1S/C11H12N2O3/c14-7-8(15)6-13-10-4-2-1-3-9(10)11(16)5-12-13/h1-5,8,14-15H,6-7H2. The predicted molar refractivity (Wildman–Crippen MR) is 59.1 cm³/mol. The number of rotatable bonds is 3.